The summed E-state index contributed by atoms with van der Waals surface area (Å²) in [7, 11) is 1.45. The molecule has 9 nitrogen and oxygen atoms in total. The summed E-state index contributed by atoms with van der Waals surface area (Å²) in [4.78, 5) is 47.8. The lowest BCUT2D eigenvalue weighted by Gasteiger charge is -2.27. The van der Waals surface area contributed by atoms with E-state index in [-0.39, 0.29) is 11.5 Å². The molecule has 1 amide bonds. The molecule has 0 atom stereocenters. The van der Waals surface area contributed by atoms with Gasteiger partial charge in [0.2, 0.25) is 0 Å². The van der Waals surface area contributed by atoms with E-state index in [1.807, 2.05) is 0 Å². The molecule has 2 aromatic heterocycles. The minimum absolute atomic E-state index is 0.104. The van der Waals surface area contributed by atoms with E-state index >= 15 is 0 Å². The maximum Gasteiger partial charge on any atom is 0.329 e. The predicted molar refractivity (Wildman–Crippen MR) is 88.4 cm³/mol. The SMILES string of the molecule is Cn1c(NC(=O)c2cc(N3CCCCC3)ncn2)cc(=O)[nH]c1=O. The molecule has 0 saturated carbocycles. The predicted octanol–water partition coefficient (Wildman–Crippen LogP) is 0.106. The van der Waals surface area contributed by atoms with E-state index in [4.69, 9.17) is 0 Å². The average molecular weight is 330 g/mol. The van der Waals surface area contributed by atoms with Crippen molar-refractivity contribution in [3.05, 3.63) is 45.0 Å². The van der Waals surface area contributed by atoms with E-state index in [0.29, 0.717) is 5.82 Å². The molecule has 0 aromatic carbocycles. The number of anilines is 2. The van der Waals surface area contributed by atoms with Gasteiger partial charge in [0.1, 0.15) is 23.7 Å². The van der Waals surface area contributed by atoms with Crippen molar-refractivity contribution in [2.75, 3.05) is 23.3 Å². The van der Waals surface area contributed by atoms with E-state index in [2.05, 4.69) is 25.2 Å². The van der Waals surface area contributed by atoms with Gasteiger partial charge in [0, 0.05) is 32.3 Å². The highest BCUT2D eigenvalue weighted by atomic mass is 16.2. The molecule has 126 valence electrons. The van der Waals surface area contributed by atoms with Gasteiger partial charge >= 0.3 is 5.69 Å². The minimum Gasteiger partial charge on any atom is -0.357 e. The Morgan fingerprint density at radius 3 is 2.67 bits per heavy atom. The largest absolute Gasteiger partial charge is 0.357 e. The molecule has 0 unspecified atom stereocenters. The van der Waals surface area contributed by atoms with Crippen molar-refractivity contribution in [3.8, 4) is 0 Å². The summed E-state index contributed by atoms with van der Waals surface area (Å²) < 4.78 is 1.14. The number of H-pyrrole nitrogens is 1. The third-order valence-electron chi connectivity index (χ3n) is 3.97. The Hall–Kier alpha value is -2.97. The summed E-state index contributed by atoms with van der Waals surface area (Å²) >= 11 is 0. The third kappa shape index (κ3) is 3.34. The minimum atomic E-state index is -0.602. The van der Waals surface area contributed by atoms with Crippen molar-refractivity contribution < 1.29 is 4.79 Å². The highest BCUT2D eigenvalue weighted by Crippen LogP contribution is 2.17. The molecular formula is C15H18N6O3. The molecule has 1 aliphatic rings. The van der Waals surface area contributed by atoms with Gasteiger partial charge in [0.15, 0.2) is 0 Å². The van der Waals surface area contributed by atoms with Crippen molar-refractivity contribution >= 4 is 17.5 Å². The molecule has 3 rings (SSSR count). The van der Waals surface area contributed by atoms with Gasteiger partial charge in [-0.25, -0.2) is 14.8 Å². The van der Waals surface area contributed by atoms with Crippen LogP contribution in [0.15, 0.2) is 28.0 Å². The number of nitrogens with zero attached hydrogens (tertiary/aromatic N) is 4. The fraction of sp³-hybridized carbons (Fsp3) is 0.400. The number of carbonyl (C=O) groups excluding carboxylic acids is 1. The summed E-state index contributed by atoms with van der Waals surface area (Å²) in [6.45, 7) is 1.81. The molecule has 2 N–H and O–H groups in total. The molecule has 24 heavy (non-hydrogen) atoms. The van der Waals surface area contributed by atoms with Gasteiger partial charge in [-0.05, 0) is 19.3 Å². The van der Waals surface area contributed by atoms with Gasteiger partial charge in [-0.1, -0.05) is 0 Å². The number of hydrogen-bond acceptors (Lipinski definition) is 6. The number of nitrogens with one attached hydrogen (secondary N) is 2. The first-order valence-electron chi connectivity index (χ1n) is 7.73. The van der Waals surface area contributed by atoms with Crippen molar-refractivity contribution in [2.45, 2.75) is 19.3 Å². The first kappa shape index (κ1) is 15.9. The maximum atomic E-state index is 12.4. The molecule has 1 aliphatic heterocycles. The number of rotatable bonds is 3. The fourth-order valence-electron chi connectivity index (χ4n) is 2.62. The molecule has 1 fully saturated rings. The van der Waals surface area contributed by atoms with E-state index < -0.39 is 17.2 Å². The van der Waals surface area contributed by atoms with Crippen LogP contribution in [0.25, 0.3) is 0 Å². The Kier molecular flexibility index (Phi) is 4.41. The highest BCUT2D eigenvalue weighted by Gasteiger charge is 2.16. The molecular weight excluding hydrogens is 312 g/mol. The van der Waals surface area contributed by atoms with Crippen LogP contribution < -0.4 is 21.5 Å². The quantitative estimate of drug-likeness (QED) is 0.825. The molecule has 0 radical (unpaired) electrons. The number of hydrogen-bond donors (Lipinski definition) is 2. The Morgan fingerprint density at radius 1 is 1.17 bits per heavy atom. The van der Waals surface area contributed by atoms with Gasteiger partial charge < -0.3 is 10.2 Å². The number of aromatic nitrogens is 4. The molecule has 1 saturated heterocycles. The van der Waals surface area contributed by atoms with Crippen LogP contribution in [0.5, 0.6) is 0 Å². The number of carbonyl (C=O) groups is 1. The lowest BCUT2D eigenvalue weighted by atomic mass is 10.1. The van der Waals surface area contributed by atoms with E-state index in [0.717, 1.165) is 36.6 Å². The Bertz CT molecular complexity index is 866. The second kappa shape index (κ2) is 6.65. The zero-order valence-corrected chi connectivity index (χ0v) is 13.3. The second-order valence-electron chi connectivity index (χ2n) is 5.65. The van der Waals surface area contributed by atoms with Crippen LogP contribution in [0.3, 0.4) is 0 Å². The average Bonchev–Trinajstić information content (AvgIpc) is 2.60. The molecule has 3 heterocycles. The first-order chi connectivity index (χ1) is 11.5. The molecule has 0 aliphatic carbocycles. The van der Waals surface area contributed by atoms with Gasteiger partial charge in [-0.3, -0.25) is 19.1 Å². The van der Waals surface area contributed by atoms with Gasteiger partial charge in [0.25, 0.3) is 11.5 Å². The van der Waals surface area contributed by atoms with E-state index in [9.17, 15) is 14.4 Å². The summed E-state index contributed by atoms with van der Waals surface area (Å²) in [5.74, 6) is 0.304. The molecule has 2 aromatic rings. The number of amides is 1. The Balaban J connectivity index is 1.83. The fourth-order valence-corrected chi connectivity index (χ4v) is 2.62. The monoisotopic (exact) mass is 330 g/mol. The molecule has 0 bridgehead atoms. The zero-order valence-electron chi connectivity index (χ0n) is 13.3. The van der Waals surface area contributed by atoms with Crippen molar-refractivity contribution in [1.82, 2.24) is 19.5 Å². The Labute approximate surface area is 137 Å². The van der Waals surface area contributed by atoms with Crippen molar-refractivity contribution in [3.63, 3.8) is 0 Å². The van der Waals surface area contributed by atoms with Crippen LogP contribution >= 0.6 is 0 Å². The topological polar surface area (TPSA) is 113 Å². The van der Waals surface area contributed by atoms with Crippen molar-refractivity contribution in [2.24, 2.45) is 7.05 Å². The third-order valence-corrected chi connectivity index (χ3v) is 3.97. The molecule has 0 spiro atoms. The summed E-state index contributed by atoms with van der Waals surface area (Å²) in [5, 5.41) is 2.53. The van der Waals surface area contributed by atoms with Gasteiger partial charge in [-0.2, -0.15) is 0 Å². The lowest BCUT2D eigenvalue weighted by molar-refractivity contribution is 0.102. The van der Waals surface area contributed by atoms with Crippen LogP contribution in [-0.4, -0.2) is 38.5 Å². The van der Waals surface area contributed by atoms with Crippen LogP contribution in [0.4, 0.5) is 11.6 Å². The van der Waals surface area contributed by atoms with E-state index in [1.165, 1.54) is 19.8 Å². The summed E-state index contributed by atoms with van der Waals surface area (Å²) in [6.07, 6.45) is 4.74. The normalized spacial score (nSPS) is 14.5. The van der Waals surface area contributed by atoms with Crippen LogP contribution in [-0.2, 0) is 7.05 Å². The maximum absolute atomic E-state index is 12.4. The lowest BCUT2D eigenvalue weighted by Crippen LogP contribution is -2.32. The first-order valence-corrected chi connectivity index (χ1v) is 7.73. The van der Waals surface area contributed by atoms with E-state index in [1.54, 1.807) is 6.07 Å². The van der Waals surface area contributed by atoms with Crippen LogP contribution in [0, 0.1) is 0 Å². The zero-order chi connectivity index (χ0) is 17.1. The van der Waals surface area contributed by atoms with Gasteiger partial charge in [-0.15, -0.1) is 0 Å². The number of piperidine rings is 1. The standard InChI is InChI=1S/C15H18N6O3/c1-20-12(8-13(22)19-15(20)24)18-14(23)10-7-11(17-9-16-10)21-5-3-2-4-6-21/h7-9H,2-6H2,1H3,(H,18,23)(H,19,22,24). The smallest absolute Gasteiger partial charge is 0.329 e. The van der Waals surface area contributed by atoms with Crippen LogP contribution in [0.2, 0.25) is 0 Å². The summed E-state index contributed by atoms with van der Waals surface area (Å²) in [6, 6.07) is 2.76. The second-order valence-corrected chi connectivity index (χ2v) is 5.65. The Morgan fingerprint density at radius 2 is 1.92 bits per heavy atom. The van der Waals surface area contributed by atoms with Crippen molar-refractivity contribution in [1.29, 1.82) is 0 Å². The van der Waals surface area contributed by atoms with Crippen LogP contribution in [0.1, 0.15) is 29.8 Å². The highest BCUT2D eigenvalue weighted by molar-refractivity contribution is 6.02. The molecule has 9 heteroatoms. The number of aromatic amines is 1. The van der Waals surface area contributed by atoms with Gasteiger partial charge in [0.05, 0.1) is 0 Å². The summed E-state index contributed by atoms with van der Waals surface area (Å²) in [5.41, 5.74) is -1.00.